The van der Waals surface area contributed by atoms with Crippen LogP contribution in [0.5, 0.6) is 0 Å². The minimum Gasteiger partial charge on any atom is -0.400 e. The van der Waals surface area contributed by atoms with Crippen LogP contribution < -0.4 is 11.1 Å². The molecule has 1 saturated heterocycles. The van der Waals surface area contributed by atoms with Gasteiger partial charge in [-0.05, 0) is 32.9 Å². The van der Waals surface area contributed by atoms with Gasteiger partial charge in [0, 0.05) is 7.11 Å². The highest BCUT2D eigenvalue weighted by Crippen LogP contribution is 1.90. The molecule has 1 fully saturated rings. The van der Waals surface area contributed by atoms with E-state index < -0.39 is 0 Å². The lowest BCUT2D eigenvalue weighted by molar-refractivity contribution is 0.399. The zero-order chi connectivity index (χ0) is 9.11. The van der Waals surface area contributed by atoms with E-state index in [4.69, 9.17) is 16.2 Å². The van der Waals surface area contributed by atoms with Gasteiger partial charge in [0.2, 0.25) is 0 Å². The topological polar surface area (TPSA) is 82.1 Å². The maximum atomic E-state index is 7.00. The smallest absolute Gasteiger partial charge is 0.0873 e. The van der Waals surface area contributed by atoms with Crippen LogP contribution in [0.4, 0.5) is 0 Å². The first-order chi connectivity index (χ1) is 5.23. The van der Waals surface area contributed by atoms with Gasteiger partial charge in [0.05, 0.1) is 5.84 Å². The molecule has 0 amide bonds. The zero-order valence-corrected chi connectivity index (χ0v) is 7.35. The van der Waals surface area contributed by atoms with Gasteiger partial charge >= 0.3 is 0 Å². The molecule has 4 nitrogen and oxygen atoms in total. The van der Waals surface area contributed by atoms with Gasteiger partial charge in [-0.1, -0.05) is 0 Å². The van der Waals surface area contributed by atoms with Crippen LogP contribution >= 0.6 is 0 Å². The number of amidine groups is 1. The number of hydrogen-bond donors (Lipinski definition) is 4. The fourth-order valence-corrected chi connectivity index (χ4v) is 0.625. The average Bonchev–Trinajstić information content (AvgIpc) is 2.44. The van der Waals surface area contributed by atoms with Crippen LogP contribution in [0.1, 0.15) is 19.8 Å². The van der Waals surface area contributed by atoms with Gasteiger partial charge in [-0.25, -0.2) is 0 Å². The van der Waals surface area contributed by atoms with Crippen molar-refractivity contribution in [3.8, 4) is 0 Å². The fourth-order valence-electron chi connectivity index (χ4n) is 0.625. The second kappa shape index (κ2) is 12.1. The molecule has 0 aromatic rings. The maximum Gasteiger partial charge on any atom is 0.0873 e. The lowest BCUT2D eigenvalue weighted by atomic mass is 10.4. The van der Waals surface area contributed by atoms with Crippen LogP contribution in [0, 0.1) is 5.41 Å². The third kappa shape index (κ3) is 26.6. The molecular weight excluding hydrogens is 142 g/mol. The first kappa shape index (κ1) is 13.0. The van der Waals surface area contributed by atoms with Gasteiger partial charge in [-0.2, -0.15) is 0 Å². The van der Waals surface area contributed by atoms with E-state index >= 15 is 0 Å². The molecule has 0 radical (unpaired) electrons. The Hall–Kier alpha value is -0.610. The lowest BCUT2D eigenvalue weighted by Crippen LogP contribution is -2.03. The molecule has 0 aromatic carbocycles. The van der Waals surface area contributed by atoms with E-state index in [-0.39, 0.29) is 5.84 Å². The molecule has 4 heteroatoms. The number of nitrogens with one attached hydrogen (secondary N) is 2. The highest BCUT2D eigenvalue weighted by molar-refractivity contribution is 5.73. The summed E-state index contributed by atoms with van der Waals surface area (Å²) in [6.07, 6.45) is 2.78. The third-order valence-electron chi connectivity index (χ3n) is 0.957. The summed E-state index contributed by atoms with van der Waals surface area (Å²) >= 11 is 0. The normalized spacial score (nSPS) is 13.7. The standard InChI is InChI=1S/C4H9N.C2H6N2.CH4O/c1-2-4-5-3-1;1-2(3)4;1-2/h5H,1-4H2;1H3,(H3,3,4);2H,1H3. The Balaban J connectivity index is 0. The van der Waals surface area contributed by atoms with Crippen LogP contribution in [0.3, 0.4) is 0 Å². The Labute approximate surface area is 68.3 Å². The number of aliphatic hydroxyl groups is 1. The third-order valence-corrected chi connectivity index (χ3v) is 0.957. The van der Waals surface area contributed by atoms with Crippen molar-refractivity contribution in [2.24, 2.45) is 5.73 Å². The van der Waals surface area contributed by atoms with Crippen molar-refractivity contribution in [2.45, 2.75) is 19.8 Å². The molecule has 0 atom stereocenters. The van der Waals surface area contributed by atoms with Crippen molar-refractivity contribution >= 4 is 5.84 Å². The van der Waals surface area contributed by atoms with Crippen molar-refractivity contribution in [3.05, 3.63) is 0 Å². The molecule has 68 valence electrons. The molecule has 0 aliphatic carbocycles. The molecule has 1 aliphatic rings. The van der Waals surface area contributed by atoms with E-state index in [1.807, 2.05) is 0 Å². The zero-order valence-electron chi connectivity index (χ0n) is 7.35. The minimum atomic E-state index is 0.167. The van der Waals surface area contributed by atoms with E-state index in [0.717, 1.165) is 7.11 Å². The van der Waals surface area contributed by atoms with E-state index in [2.05, 4.69) is 5.32 Å². The Morgan fingerprint density at radius 3 is 1.73 bits per heavy atom. The first-order valence-corrected chi connectivity index (χ1v) is 3.69. The molecule has 1 rings (SSSR count). The average molecular weight is 161 g/mol. The van der Waals surface area contributed by atoms with E-state index in [9.17, 15) is 0 Å². The largest absolute Gasteiger partial charge is 0.400 e. The second-order valence-corrected chi connectivity index (χ2v) is 2.14. The summed E-state index contributed by atoms with van der Waals surface area (Å²) in [4.78, 5) is 0. The SMILES string of the molecule is C1CCNC1.CC(=N)N.CO. The highest BCUT2D eigenvalue weighted by Gasteiger charge is 1.93. The highest BCUT2D eigenvalue weighted by atomic mass is 16.2. The van der Waals surface area contributed by atoms with Crippen molar-refractivity contribution in [3.63, 3.8) is 0 Å². The molecule has 11 heavy (non-hydrogen) atoms. The Kier molecular flexibility index (Phi) is 14.3. The van der Waals surface area contributed by atoms with Crippen molar-refractivity contribution in [2.75, 3.05) is 20.2 Å². The summed E-state index contributed by atoms with van der Waals surface area (Å²) < 4.78 is 0. The monoisotopic (exact) mass is 161 g/mol. The van der Waals surface area contributed by atoms with Crippen LogP contribution in [-0.2, 0) is 0 Å². The van der Waals surface area contributed by atoms with Crippen molar-refractivity contribution < 1.29 is 5.11 Å². The van der Waals surface area contributed by atoms with Crippen molar-refractivity contribution in [1.29, 1.82) is 5.41 Å². The molecular formula is C7H19N3O. The fraction of sp³-hybridized carbons (Fsp3) is 0.857. The van der Waals surface area contributed by atoms with Crippen LogP contribution in [0.25, 0.3) is 0 Å². The molecule has 5 N–H and O–H groups in total. The Morgan fingerprint density at radius 2 is 1.64 bits per heavy atom. The van der Waals surface area contributed by atoms with Crippen LogP contribution in [0.15, 0.2) is 0 Å². The van der Waals surface area contributed by atoms with Gasteiger partial charge in [0.1, 0.15) is 0 Å². The summed E-state index contributed by atoms with van der Waals surface area (Å²) in [5, 5.41) is 16.5. The number of aliphatic hydroxyl groups excluding tert-OH is 1. The summed E-state index contributed by atoms with van der Waals surface area (Å²) in [5.41, 5.74) is 4.69. The molecule has 0 aromatic heterocycles. The summed E-state index contributed by atoms with van der Waals surface area (Å²) in [5.74, 6) is 0.167. The molecule has 0 spiro atoms. The van der Waals surface area contributed by atoms with E-state index in [1.165, 1.54) is 32.9 Å². The quantitative estimate of drug-likeness (QED) is 0.296. The summed E-state index contributed by atoms with van der Waals surface area (Å²) in [7, 11) is 1.00. The van der Waals surface area contributed by atoms with Crippen molar-refractivity contribution in [1.82, 2.24) is 5.32 Å². The van der Waals surface area contributed by atoms with Crippen LogP contribution in [0.2, 0.25) is 0 Å². The summed E-state index contributed by atoms with van der Waals surface area (Å²) in [6.45, 7) is 4.03. The van der Waals surface area contributed by atoms with Gasteiger partial charge in [-0.15, -0.1) is 0 Å². The molecule has 0 unspecified atom stereocenters. The predicted molar refractivity (Wildman–Crippen MR) is 47.8 cm³/mol. The van der Waals surface area contributed by atoms with Gasteiger partial charge in [-0.3, -0.25) is 5.41 Å². The Morgan fingerprint density at radius 1 is 1.36 bits per heavy atom. The predicted octanol–water partition coefficient (Wildman–Crippen LogP) is -0.0794. The summed E-state index contributed by atoms with van der Waals surface area (Å²) in [6, 6.07) is 0. The minimum absolute atomic E-state index is 0.167. The first-order valence-electron chi connectivity index (χ1n) is 3.69. The van der Waals surface area contributed by atoms with Gasteiger partial charge < -0.3 is 16.2 Å². The molecule has 0 bridgehead atoms. The van der Waals surface area contributed by atoms with Crippen LogP contribution in [-0.4, -0.2) is 31.1 Å². The number of rotatable bonds is 0. The van der Waals surface area contributed by atoms with E-state index in [1.54, 1.807) is 0 Å². The maximum absolute atomic E-state index is 7.00. The van der Waals surface area contributed by atoms with Gasteiger partial charge in [0.15, 0.2) is 0 Å². The lowest BCUT2D eigenvalue weighted by Gasteiger charge is -1.76. The Bertz CT molecular complexity index is 70.1. The molecule has 1 aliphatic heterocycles. The molecule has 1 heterocycles. The number of hydrogen-bond acceptors (Lipinski definition) is 3. The molecule has 0 saturated carbocycles. The second-order valence-electron chi connectivity index (χ2n) is 2.14. The van der Waals surface area contributed by atoms with Gasteiger partial charge in [0.25, 0.3) is 0 Å². The number of nitrogens with two attached hydrogens (primary N) is 1. The van der Waals surface area contributed by atoms with E-state index in [0.29, 0.717) is 0 Å².